The van der Waals surface area contributed by atoms with Crippen LogP contribution in [-0.2, 0) is 17.9 Å². The van der Waals surface area contributed by atoms with E-state index in [0.717, 1.165) is 21.3 Å². The Bertz CT molecular complexity index is 586. The Kier molecular flexibility index (Phi) is 5.40. The van der Waals surface area contributed by atoms with Crippen molar-refractivity contribution in [1.82, 2.24) is 0 Å². The van der Waals surface area contributed by atoms with Crippen molar-refractivity contribution >= 4 is 33.2 Å². The van der Waals surface area contributed by atoms with Crippen molar-refractivity contribution in [2.75, 3.05) is 12.4 Å². The molecular formula is C15H14BrClFNO. The highest BCUT2D eigenvalue weighted by atomic mass is 79.9. The molecule has 2 aromatic carbocycles. The van der Waals surface area contributed by atoms with Gasteiger partial charge in [0.15, 0.2) is 0 Å². The molecule has 0 aliphatic heterocycles. The summed E-state index contributed by atoms with van der Waals surface area (Å²) < 4.78 is 19.4. The fourth-order valence-corrected chi connectivity index (χ4v) is 2.65. The van der Waals surface area contributed by atoms with E-state index in [1.807, 2.05) is 18.2 Å². The van der Waals surface area contributed by atoms with E-state index in [9.17, 15) is 4.39 Å². The van der Waals surface area contributed by atoms with E-state index < -0.39 is 0 Å². The van der Waals surface area contributed by atoms with Crippen LogP contribution < -0.4 is 5.32 Å². The van der Waals surface area contributed by atoms with Gasteiger partial charge in [-0.05, 0) is 35.9 Å². The highest BCUT2D eigenvalue weighted by Gasteiger charge is 2.07. The first kappa shape index (κ1) is 15.3. The minimum absolute atomic E-state index is 0.333. The van der Waals surface area contributed by atoms with Crippen molar-refractivity contribution in [3.8, 4) is 0 Å². The number of hydrogen-bond donors (Lipinski definition) is 1. The Labute approximate surface area is 131 Å². The summed E-state index contributed by atoms with van der Waals surface area (Å²) in [6.07, 6.45) is 0. The van der Waals surface area contributed by atoms with Crippen LogP contribution in [0.15, 0.2) is 40.9 Å². The summed E-state index contributed by atoms with van der Waals surface area (Å²) in [5, 5.41) is 3.67. The maximum atomic E-state index is 13.3. The van der Waals surface area contributed by atoms with Gasteiger partial charge in [-0.2, -0.15) is 0 Å². The van der Waals surface area contributed by atoms with Crippen molar-refractivity contribution in [2.24, 2.45) is 0 Å². The third-order valence-electron chi connectivity index (χ3n) is 2.81. The monoisotopic (exact) mass is 357 g/mol. The van der Waals surface area contributed by atoms with Gasteiger partial charge in [0.05, 0.1) is 6.61 Å². The van der Waals surface area contributed by atoms with Crippen LogP contribution in [0, 0.1) is 5.82 Å². The summed E-state index contributed by atoms with van der Waals surface area (Å²) in [5.74, 6) is -0.333. The molecule has 0 radical (unpaired) electrons. The first-order valence-electron chi connectivity index (χ1n) is 6.05. The second-order valence-electron chi connectivity index (χ2n) is 4.33. The second-order valence-corrected chi connectivity index (χ2v) is 5.62. The Morgan fingerprint density at radius 2 is 2.10 bits per heavy atom. The summed E-state index contributed by atoms with van der Waals surface area (Å²) in [4.78, 5) is 0. The Morgan fingerprint density at radius 3 is 2.80 bits per heavy atom. The summed E-state index contributed by atoms with van der Waals surface area (Å²) in [6, 6.07) is 10.3. The molecule has 0 heterocycles. The molecule has 2 rings (SSSR count). The van der Waals surface area contributed by atoms with Gasteiger partial charge in [0.1, 0.15) is 5.82 Å². The van der Waals surface area contributed by atoms with Crippen LogP contribution in [0.1, 0.15) is 11.1 Å². The van der Waals surface area contributed by atoms with E-state index in [2.05, 4.69) is 21.2 Å². The van der Waals surface area contributed by atoms with Crippen molar-refractivity contribution in [3.63, 3.8) is 0 Å². The number of ether oxygens (including phenoxy) is 1. The molecule has 0 saturated carbocycles. The molecule has 0 unspecified atom stereocenters. The molecule has 106 valence electrons. The van der Waals surface area contributed by atoms with Gasteiger partial charge in [0, 0.05) is 34.4 Å². The maximum Gasteiger partial charge on any atom is 0.125 e. The molecule has 0 aliphatic rings. The second kappa shape index (κ2) is 7.07. The lowest BCUT2D eigenvalue weighted by atomic mass is 10.1. The molecular weight excluding hydrogens is 345 g/mol. The molecule has 0 bridgehead atoms. The highest BCUT2D eigenvalue weighted by molar-refractivity contribution is 9.10. The summed E-state index contributed by atoms with van der Waals surface area (Å²) in [6.45, 7) is 0.984. The predicted octanol–water partition coefficient (Wildman–Crippen LogP) is 5.00. The SMILES string of the molecule is COCc1c(Br)cccc1NCc1cc(F)cc(Cl)c1. The average Bonchev–Trinajstić information content (AvgIpc) is 2.38. The van der Waals surface area contributed by atoms with E-state index in [-0.39, 0.29) is 5.82 Å². The molecule has 0 atom stereocenters. The van der Waals surface area contributed by atoms with Gasteiger partial charge < -0.3 is 10.1 Å². The van der Waals surface area contributed by atoms with Crippen LogP contribution in [0.3, 0.4) is 0 Å². The van der Waals surface area contributed by atoms with Gasteiger partial charge in [0.2, 0.25) is 0 Å². The largest absolute Gasteiger partial charge is 0.381 e. The lowest BCUT2D eigenvalue weighted by Gasteiger charge is -2.13. The molecule has 2 aromatic rings. The minimum Gasteiger partial charge on any atom is -0.381 e. The number of benzene rings is 2. The molecule has 0 saturated heterocycles. The van der Waals surface area contributed by atoms with Crippen molar-refractivity contribution in [1.29, 1.82) is 0 Å². The Hall–Kier alpha value is -1.10. The summed E-state index contributed by atoms with van der Waals surface area (Å²) in [7, 11) is 1.65. The van der Waals surface area contributed by atoms with Crippen molar-refractivity contribution in [2.45, 2.75) is 13.2 Å². The molecule has 0 aromatic heterocycles. The van der Waals surface area contributed by atoms with Crippen LogP contribution in [0.2, 0.25) is 5.02 Å². The number of hydrogen-bond acceptors (Lipinski definition) is 2. The molecule has 0 amide bonds. The number of halogens is 3. The number of rotatable bonds is 5. The Morgan fingerprint density at radius 1 is 1.30 bits per heavy atom. The lowest BCUT2D eigenvalue weighted by molar-refractivity contribution is 0.185. The topological polar surface area (TPSA) is 21.3 Å². The van der Waals surface area contributed by atoms with Crippen molar-refractivity contribution < 1.29 is 9.13 Å². The first-order valence-corrected chi connectivity index (χ1v) is 7.22. The fraction of sp³-hybridized carbons (Fsp3) is 0.200. The van der Waals surface area contributed by atoms with Crippen LogP contribution >= 0.6 is 27.5 Å². The Balaban J connectivity index is 2.16. The average molecular weight is 359 g/mol. The lowest BCUT2D eigenvalue weighted by Crippen LogP contribution is -2.04. The van der Waals surface area contributed by atoms with Gasteiger partial charge in [-0.25, -0.2) is 4.39 Å². The number of nitrogens with one attached hydrogen (secondary N) is 1. The standard InChI is InChI=1S/C15H14BrClFNO/c1-20-9-13-14(16)3-2-4-15(13)19-8-10-5-11(17)7-12(18)6-10/h2-7,19H,8-9H2,1H3. The van der Waals surface area contributed by atoms with Gasteiger partial charge in [0.25, 0.3) is 0 Å². The van der Waals surface area contributed by atoms with E-state index in [0.29, 0.717) is 18.2 Å². The number of methoxy groups -OCH3 is 1. The van der Waals surface area contributed by atoms with Gasteiger partial charge >= 0.3 is 0 Å². The van der Waals surface area contributed by atoms with Gasteiger partial charge in [-0.15, -0.1) is 0 Å². The normalized spacial score (nSPS) is 10.6. The van der Waals surface area contributed by atoms with Gasteiger partial charge in [-0.3, -0.25) is 0 Å². The molecule has 0 spiro atoms. The van der Waals surface area contributed by atoms with Crippen molar-refractivity contribution in [3.05, 3.63) is 62.8 Å². The minimum atomic E-state index is -0.333. The molecule has 5 heteroatoms. The maximum absolute atomic E-state index is 13.3. The third kappa shape index (κ3) is 3.95. The van der Waals surface area contributed by atoms with Crippen LogP contribution in [0.25, 0.3) is 0 Å². The van der Waals surface area contributed by atoms with E-state index >= 15 is 0 Å². The third-order valence-corrected chi connectivity index (χ3v) is 3.77. The summed E-state index contributed by atoms with van der Waals surface area (Å²) >= 11 is 9.34. The predicted molar refractivity (Wildman–Crippen MR) is 83.6 cm³/mol. The fourth-order valence-electron chi connectivity index (χ4n) is 1.93. The first-order chi connectivity index (χ1) is 9.60. The zero-order valence-corrected chi connectivity index (χ0v) is 13.3. The smallest absolute Gasteiger partial charge is 0.125 e. The van der Waals surface area contributed by atoms with Crippen LogP contribution in [0.4, 0.5) is 10.1 Å². The summed E-state index contributed by atoms with van der Waals surface area (Å²) in [5.41, 5.74) is 2.76. The zero-order chi connectivity index (χ0) is 14.5. The van der Waals surface area contributed by atoms with Crippen LogP contribution in [-0.4, -0.2) is 7.11 Å². The number of anilines is 1. The molecule has 1 N–H and O–H groups in total. The van der Waals surface area contributed by atoms with Gasteiger partial charge in [-0.1, -0.05) is 33.6 Å². The van der Waals surface area contributed by atoms with E-state index in [1.54, 1.807) is 13.2 Å². The molecule has 0 aliphatic carbocycles. The zero-order valence-electron chi connectivity index (χ0n) is 10.9. The highest BCUT2D eigenvalue weighted by Crippen LogP contribution is 2.26. The van der Waals surface area contributed by atoms with E-state index in [4.69, 9.17) is 16.3 Å². The quantitative estimate of drug-likeness (QED) is 0.812. The van der Waals surface area contributed by atoms with E-state index in [1.165, 1.54) is 12.1 Å². The molecule has 2 nitrogen and oxygen atoms in total. The van der Waals surface area contributed by atoms with Crippen LogP contribution in [0.5, 0.6) is 0 Å². The molecule has 0 fully saturated rings. The molecule has 20 heavy (non-hydrogen) atoms.